The summed E-state index contributed by atoms with van der Waals surface area (Å²) in [4.78, 5) is 14.6. The summed E-state index contributed by atoms with van der Waals surface area (Å²) in [6.45, 7) is 6.30. The van der Waals surface area contributed by atoms with Crippen molar-refractivity contribution < 1.29 is 4.79 Å². The Bertz CT molecular complexity index is 250. The summed E-state index contributed by atoms with van der Waals surface area (Å²) < 4.78 is 0. The molecule has 0 aromatic rings. The average Bonchev–Trinajstić information content (AvgIpc) is 3.09. The molecule has 16 heavy (non-hydrogen) atoms. The number of carbonyl (C=O) groups excluding carboxylic acids is 1. The molecule has 1 heterocycles. The first-order valence-corrected chi connectivity index (χ1v) is 6.76. The number of hydrogen-bond donors (Lipinski definition) is 1. The Morgan fingerprint density at radius 1 is 1.38 bits per heavy atom. The van der Waals surface area contributed by atoms with Crippen LogP contribution >= 0.6 is 0 Å². The summed E-state index contributed by atoms with van der Waals surface area (Å²) in [7, 11) is 0. The van der Waals surface area contributed by atoms with Crippen LogP contribution in [0.3, 0.4) is 0 Å². The van der Waals surface area contributed by atoms with E-state index in [0.29, 0.717) is 18.0 Å². The summed E-state index contributed by atoms with van der Waals surface area (Å²) in [6.07, 6.45) is 5.59. The number of amides is 1. The molecule has 0 aromatic carbocycles. The van der Waals surface area contributed by atoms with Crippen LogP contribution in [0.5, 0.6) is 0 Å². The van der Waals surface area contributed by atoms with Gasteiger partial charge in [0.25, 0.3) is 0 Å². The van der Waals surface area contributed by atoms with E-state index in [1.54, 1.807) is 0 Å². The predicted octanol–water partition coefficient (Wildman–Crippen LogP) is 1.78. The fraction of sp³-hybridized carbons (Fsp3) is 0.923. The van der Waals surface area contributed by atoms with Gasteiger partial charge >= 0.3 is 0 Å². The molecule has 1 aliphatic carbocycles. The van der Waals surface area contributed by atoms with Crippen molar-refractivity contribution >= 4 is 5.91 Å². The maximum Gasteiger partial charge on any atom is 0.226 e. The van der Waals surface area contributed by atoms with Gasteiger partial charge in [0.05, 0.1) is 0 Å². The Labute approximate surface area is 98.6 Å². The summed E-state index contributed by atoms with van der Waals surface area (Å²) >= 11 is 0. The molecule has 0 aromatic heterocycles. The van der Waals surface area contributed by atoms with Gasteiger partial charge < -0.3 is 10.2 Å². The van der Waals surface area contributed by atoms with Crippen LogP contribution in [0.1, 0.15) is 46.0 Å². The summed E-state index contributed by atoms with van der Waals surface area (Å²) in [5.74, 6) is 0.709. The van der Waals surface area contributed by atoms with E-state index in [1.165, 1.54) is 12.8 Å². The first kappa shape index (κ1) is 11.9. The zero-order valence-electron chi connectivity index (χ0n) is 10.5. The molecule has 1 amide bonds. The quantitative estimate of drug-likeness (QED) is 0.789. The molecule has 2 fully saturated rings. The Balaban J connectivity index is 1.92. The van der Waals surface area contributed by atoms with Gasteiger partial charge in [-0.2, -0.15) is 0 Å². The molecule has 3 heteroatoms. The van der Waals surface area contributed by atoms with E-state index >= 15 is 0 Å². The lowest BCUT2D eigenvalue weighted by Crippen LogP contribution is -2.45. The molecule has 2 atom stereocenters. The van der Waals surface area contributed by atoms with Gasteiger partial charge in [-0.1, -0.05) is 6.92 Å². The van der Waals surface area contributed by atoms with Crippen LogP contribution in [-0.4, -0.2) is 36.0 Å². The zero-order chi connectivity index (χ0) is 11.5. The highest BCUT2D eigenvalue weighted by Gasteiger charge is 2.36. The largest absolute Gasteiger partial charge is 0.339 e. The van der Waals surface area contributed by atoms with Crippen LogP contribution in [0.15, 0.2) is 0 Å². The minimum absolute atomic E-state index is 0.281. The van der Waals surface area contributed by atoms with Gasteiger partial charge in [-0.15, -0.1) is 0 Å². The van der Waals surface area contributed by atoms with Crippen molar-refractivity contribution in [1.29, 1.82) is 0 Å². The normalized spacial score (nSPS) is 30.1. The summed E-state index contributed by atoms with van der Waals surface area (Å²) in [5, 5.41) is 3.41. The Morgan fingerprint density at radius 3 is 2.69 bits per heavy atom. The first-order chi connectivity index (χ1) is 7.72. The van der Waals surface area contributed by atoms with E-state index in [2.05, 4.69) is 24.1 Å². The van der Waals surface area contributed by atoms with Crippen LogP contribution in [0.4, 0.5) is 0 Å². The second-order valence-corrected chi connectivity index (χ2v) is 5.34. The molecular formula is C13H24N2O. The van der Waals surface area contributed by atoms with Gasteiger partial charge in [0.15, 0.2) is 0 Å². The van der Waals surface area contributed by atoms with Gasteiger partial charge in [0, 0.05) is 24.5 Å². The average molecular weight is 224 g/mol. The smallest absolute Gasteiger partial charge is 0.226 e. The van der Waals surface area contributed by atoms with Crippen LogP contribution in [-0.2, 0) is 4.79 Å². The first-order valence-electron chi connectivity index (χ1n) is 6.76. The van der Waals surface area contributed by atoms with Gasteiger partial charge in [0.1, 0.15) is 0 Å². The summed E-state index contributed by atoms with van der Waals surface area (Å²) in [6, 6.07) is 1.09. The second-order valence-electron chi connectivity index (χ2n) is 5.34. The molecule has 92 valence electrons. The molecule has 1 saturated heterocycles. The molecule has 0 spiro atoms. The van der Waals surface area contributed by atoms with E-state index in [4.69, 9.17) is 0 Å². The highest BCUT2D eigenvalue weighted by Crippen LogP contribution is 2.30. The molecule has 2 rings (SSSR count). The van der Waals surface area contributed by atoms with Crippen LogP contribution in [0, 0.1) is 5.92 Å². The third kappa shape index (κ3) is 2.76. The molecule has 0 radical (unpaired) electrons. The number of carbonyl (C=O) groups is 1. The van der Waals surface area contributed by atoms with Crippen molar-refractivity contribution in [3.05, 3.63) is 0 Å². The number of nitrogens with zero attached hydrogens (tertiary/aromatic N) is 1. The van der Waals surface area contributed by atoms with E-state index < -0.39 is 0 Å². The van der Waals surface area contributed by atoms with Crippen molar-refractivity contribution in [2.24, 2.45) is 5.92 Å². The zero-order valence-corrected chi connectivity index (χ0v) is 10.5. The van der Waals surface area contributed by atoms with E-state index in [9.17, 15) is 4.79 Å². The van der Waals surface area contributed by atoms with Crippen LogP contribution < -0.4 is 5.32 Å². The minimum atomic E-state index is 0.281. The van der Waals surface area contributed by atoms with Crippen LogP contribution in [0.2, 0.25) is 0 Å². The van der Waals surface area contributed by atoms with E-state index in [1.807, 2.05) is 0 Å². The SMILES string of the molecule is CCCN(C(=O)C1CCNC(C)C1)C1CC1. The van der Waals surface area contributed by atoms with E-state index in [-0.39, 0.29) is 5.92 Å². The van der Waals surface area contributed by atoms with Crippen LogP contribution in [0.25, 0.3) is 0 Å². The van der Waals surface area contributed by atoms with Crippen molar-refractivity contribution in [2.45, 2.75) is 58.0 Å². The molecule has 1 N–H and O–H groups in total. The van der Waals surface area contributed by atoms with Crippen molar-refractivity contribution in [3.8, 4) is 0 Å². The molecule has 0 bridgehead atoms. The fourth-order valence-corrected chi connectivity index (χ4v) is 2.69. The Morgan fingerprint density at radius 2 is 2.12 bits per heavy atom. The van der Waals surface area contributed by atoms with Gasteiger partial charge in [-0.3, -0.25) is 4.79 Å². The molecule has 1 aliphatic heterocycles. The third-order valence-electron chi connectivity index (χ3n) is 3.71. The lowest BCUT2D eigenvalue weighted by Gasteiger charge is -2.32. The maximum atomic E-state index is 12.4. The number of nitrogens with one attached hydrogen (secondary N) is 1. The lowest BCUT2D eigenvalue weighted by molar-refractivity contribution is -0.137. The highest BCUT2D eigenvalue weighted by molar-refractivity contribution is 5.79. The lowest BCUT2D eigenvalue weighted by atomic mass is 9.92. The number of rotatable bonds is 4. The molecule has 2 aliphatic rings. The number of hydrogen-bond acceptors (Lipinski definition) is 2. The standard InChI is InChI=1S/C13H24N2O/c1-3-8-15(12-4-5-12)13(16)11-6-7-14-10(2)9-11/h10-12,14H,3-9H2,1-2H3. The molecule has 2 unspecified atom stereocenters. The third-order valence-corrected chi connectivity index (χ3v) is 3.71. The monoisotopic (exact) mass is 224 g/mol. The second kappa shape index (κ2) is 5.17. The summed E-state index contributed by atoms with van der Waals surface area (Å²) in [5.41, 5.74) is 0. The Hall–Kier alpha value is -0.570. The van der Waals surface area contributed by atoms with Crippen molar-refractivity contribution in [1.82, 2.24) is 10.2 Å². The predicted molar refractivity (Wildman–Crippen MR) is 65.2 cm³/mol. The van der Waals surface area contributed by atoms with Gasteiger partial charge in [-0.05, 0) is 45.6 Å². The molecule has 1 saturated carbocycles. The van der Waals surface area contributed by atoms with E-state index in [0.717, 1.165) is 32.4 Å². The van der Waals surface area contributed by atoms with Gasteiger partial charge in [0.2, 0.25) is 5.91 Å². The Kier molecular flexibility index (Phi) is 3.85. The highest BCUT2D eigenvalue weighted by atomic mass is 16.2. The van der Waals surface area contributed by atoms with Gasteiger partial charge in [-0.25, -0.2) is 0 Å². The minimum Gasteiger partial charge on any atom is -0.339 e. The molecule has 3 nitrogen and oxygen atoms in total. The number of piperidine rings is 1. The van der Waals surface area contributed by atoms with Crippen molar-refractivity contribution in [3.63, 3.8) is 0 Å². The van der Waals surface area contributed by atoms with Crippen molar-refractivity contribution in [2.75, 3.05) is 13.1 Å². The maximum absolute atomic E-state index is 12.4. The fourth-order valence-electron chi connectivity index (χ4n) is 2.69. The topological polar surface area (TPSA) is 32.3 Å². The molecular weight excluding hydrogens is 200 g/mol.